The molecule has 1 N–H and O–H groups in total. The number of carbonyl (C=O) groups excluding carboxylic acids is 2. The molecule has 0 unspecified atom stereocenters. The van der Waals surface area contributed by atoms with Gasteiger partial charge in [-0.2, -0.15) is 0 Å². The lowest BCUT2D eigenvalue weighted by molar-refractivity contribution is -0.133. The quantitative estimate of drug-likeness (QED) is 0.292. The molecular formula is C22H43N3O2. The summed E-state index contributed by atoms with van der Waals surface area (Å²) >= 11 is 0. The van der Waals surface area contributed by atoms with Crippen molar-refractivity contribution >= 4 is 11.9 Å². The van der Waals surface area contributed by atoms with E-state index in [1.165, 1.54) is 30.6 Å². The number of unbranched alkanes of at least 4 members (excludes halogenated alkanes) is 6. The van der Waals surface area contributed by atoms with Crippen LogP contribution in [0.5, 0.6) is 0 Å². The van der Waals surface area contributed by atoms with E-state index in [1.807, 2.05) is 0 Å². The van der Waals surface area contributed by atoms with Gasteiger partial charge >= 0.3 is 6.03 Å². The summed E-state index contributed by atoms with van der Waals surface area (Å²) in [5, 5.41) is 3.09. The molecule has 0 aromatic carbocycles. The largest absolute Gasteiger partial charge is 0.326 e. The van der Waals surface area contributed by atoms with Crippen molar-refractivity contribution in [2.24, 2.45) is 0 Å². The smallest absolute Gasteiger partial charge is 0.323 e. The number of hydrogen-bond acceptors (Lipinski definition) is 3. The summed E-state index contributed by atoms with van der Waals surface area (Å²) in [5.74, 6) is 0.00498. The van der Waals surface area contributed by atoms with Crippen molar-refractivity contribution in [1.82, 2.24) is 15.1 Å². The predicted molar refractivity (Wildman–Crippen MR) is 113 cm³/mol. The Hall–Kier alpha value is -1.10. The van der Waals surface area contributed by atoms with E-state index >= 15 is 0 Å². The van der Waals surface area contributed by atoms with Gasteiger partial charge in [-0.05, 0) is 38.8 Å². The molecule has 0 aromatic heterocycles. The molecule has 0 bridgehead atoms. The summed E-state index contributed by atoms with van der Waals surface area (Å²) in [6.07, 6.45) is 12.6. The van der Waals surface area contributed by atoms with Crippen LogP contribution in [0.25, 0.3) is 0 Å². The third-order valence-electron chi connectivity index (χ3n) is 5.66. The van der Waals surface area contributed by atoms with E-state index < -0.39 is 5.54 Å². The first kappa shape index (κ1) is 23.9. The van der Waals surface area contributed by atoms with Crippen LogP contribution in [0, 0.1) is 0 Å². The Morgan fingerprint density at radius 1 is 0.778 bits per heavy atom. The highest BCUT2D eigenvalue weighted by Crippen LogP contribution is 2.29. The van der Waals surface area contributed by atoms with E-state index in [1.54, 1.807) is 0 Å². The number of hydrogen-bond donors (Lipinski definition) is 1. The summed E-state index contributed by atoms with van der Waals surface area (Å²) in [6.45, 7) is 11.0. The zero-order valence-corrected chi connectivity index (χ0v) is 18.3. The van der Waals surface area contributed by atoms with Gasteiger partial charge < -0.3 is 5.32 Å². The van der Waals surface area contributed by atoms with Crippen LogP contribution in [0.2, 0.25) is 0 Å². The van der Waals surface area contributed by atoms with Crippen LogP contribution in [0.4, 0.5) is 4.79 Å². The van der Waals surface area contributed by atoms with Crippen LogP contribution in [-0.4, -0.2) is 47.0 Å². The van der Waals surface area contributed by atoms with Gasteiger partial charge in [-0.1, -0.05) is 79.1 Å². The maximum Gasteiger partial charge on any atom is 0.326 e. The van der Waals surface area contributed by atoms with Crippen LogP contribution in [0.15, 0.2) is 0 Å². The molecule has 0 atom stereocenters. The van der Waals surface area contributed by atoms with E-state index in [0.717, 1.165) is 64.5 Å². The minimum Gasteiger partial charge on any atom is -0.323 e. The molecule has 1 rings (SSSR count). The molecule has 27 heavy (non-hydrogen) atoms. The van der Waals surface area contributed by atoms with E-state index in [-0.39, 0.29) is 11.9 Å². The van der Waals surface area contributed by atoms with Gasteiger partial charge in [-0.3, -0.25) is 9.69 Å². The molecule has 0 aromatic rings. The third kappa shape index (κ3) is 7.44. The maximum atomic E-state index is 13.3. The molecule has 1 saturated heterocycles. The van der Waals surface area contributed by atoms with Gasteiger partial charge in [0.25, 0.3) is 5.91 Å². The first-order chi connectivity index (χ1) is 13.0. The molecule has 0 spiro atoms. The molecule has 158 valence electrons. The van der Waals surface area contributed by atoms with Crippen molar-refractivity contribution in [2.75, 3.05) is 19.8 Å². The van der Waals surface area contributed by atoms with Crippen molar-refractivity contribution in [1.29, 1.82) is 0 Å². The van der Waals surface area contributed by atoms with E-state index in [4.69, 9.17) is 0 Å². The SMILES string of the molecule is CCCCCN(CCCCC)CN1C(=O)NC(CCCC)(CCCC)C1=O. The Labute approximate surface area is 167 Å². The average molecular weight is 382 g/mol. The van der Waals surface area contributed by atoms with Crippen LogP contribution >= 0.6 is 0 Å². The number of urea groups is 1. The molecule has 5 nitrogen and oxygen atoms in total. The molecule has 0 radical (unpaired) electrons. The van der Waals surface area contributed by atoms with Crippen molar-refractivity contribution in [2.45, 2.75) is 110 Å². The number of nitrogens with zero attached hydrogens (tertiary/aromatic N) is 2. The lowest BCUT2D eigenvalue weighted by Crippen LogP contribution is -2.48. The van der Waals surface area contributed by atoms with Crippen molar-refractivity contribution in [3.8, 4) is 0 Å². The normalized spacial score (nSPS) is 16.4. The molecule has 1 heterocycles. The molecular weight excluding hydrogens is 338 g/mol. The predicted octanol–water partition coefficient (Wildman–Crippen LogP) is 5.30. The number of amides is 3. The fraction of sp³-hybridized carbons (Fsp3) is 0.909. The summed E-state index contributed by atoms with van der Waals surface area (Å²) in [4.78, 5) is 29.7. The topological polar surface area (TPSA) is 52.6 Å². The summed E-state index contributed by atoms with van der Waals surface area (Å²) in [5.41, 5.74) is -0.665. The second kappa shape index (κ2) is 13.1. The molecule has 0 aliphatic carbocycles. The summed E-state index contributed by atoms with van der Waals surface area (Å²) < 4.78 is 0. The van der Waals surface area contributed by atoms with Gasteiger partial charge in [-0.25, -0.2) is 9.69 Å². The fourth-order valence-electron chi connectivity index (χ4n) is 3.85. The zero-order valence-electron chi connectivity index (χ0n) is 18.3. The van der Waals surface area contributed by atoms with Gasteiger partial charge in [0.1, 0.15) is 5.54 Å². The third-order valence-corrected chi connectivity index (χ3v) is 5.66. The van der Waals surface area contributed by atoms with Crippen LogP contribution in [0.1, 0.15) is 105 Å². The van der Waals surface area contributed by atoms with Crippen LogP contribution in [0.3, 0.4) is 0 Å². The lowest BCUT2D eigenvalue weighted by Gasteiger charge is -2.29. The number of carbonyl (C=O) groups is 2. The first-order valence-electron chi connectivity index (χ1n) is 11.4. The Morgan fingerprint density at radius 2 is 1.26 bits per heavy atom. The summed E-state index contributed by atoms with van der Waals surface area (Å²) in [6, 6.07) is -0.191. The monoisotopic (exact) mass is 381 g/mol. The minimum absolute atomic E-state index is 0.00498. The number of imide groups is 1. The minimum atomic E-state index is -0.665. The van der Waals surface area contributed by atoms with Crippen LogP contribution < -0.4 is 5.32 Å². The van der Waals surface area contributed by atoms with Crippen molar-refractivity contribution < 1.29 is 9.59 Å². The van der Waals surface area contributed by atoms with Crippen molar-refractivity contribution in [3.63, 3.8) is 0 Å². The molecule has 3 amide bonds. The molecule has 1 aliphatic rings. The number of nitrogens with one attached hydrogen (secondary N) is 1. The lowest BCUT2D eigenvalue weighted by atomic mass is 9.87. The van der Waals surface area contributed by atoms with Gasteiger partial charge in [0.2, 0.25) is 0 Å². The van der Waals surface area contributed by atoms with Crippen LogP contribution in [-0.2, 0) is 4.79 Å². The van der Waals surface area contributed by atoms with Gasteiger partial charge in [0.15, 0.2) is 0 Å². The van der Waals surface area contributed by atoms with E-state index in [9.17, 15) is 9.59 Å². The highest BCUT2D eigenvalue weighted by atomic mass is 16.2. The van der Waals surface area contributed by atoms with Gasteiger partial charge in [0, 0.05) is 0 Å². The Balaban J connectivity index is 2.80. The Morgan fingerprint density at radius 3 is 1.70 bits per heavy atom. The van der Waals surface area contributed by atoms with E-state index in [2.05, 4.69) is 37.9 Å². The van der Waals surface area contributed by atoms with Gasteiger partial charge in [-0.15, -0.1) is 0 Å². The first-order valence-corrected chi connectivity index (χ1v) is 11.4. The van der Waals surface area contributed by atoms with Gasteiger partial charge in [0.05, 0.1) is 6.67 Å². The molecule has 0 saturated carbocycles. The molecule has 5 heteroatoms. The molecule has 1 fully saturated rings. The summed E-state index contributed by atoms with van der Waals surface area (Å²) in [7, 11) is 0. The number of rotatable bonds is 16. The van der Waals surface area contributed by atoms with E-state index in [0.29, 0.717) is 6.67 Å². The molecule has 1 aliphatic heterocycles. The maximum absolute atomic E-state index is 13.3. The second-order valence-corrected chi connectivity index (χ2v) is 8.13. The average Bonchev–Trinajstić information content (AvgIpc) is 2.89. The Kier molecular flexibility index (Phi) is 11.7. The van der Waals surface area contributed by atoms with Crippen molar-refractivity contribution in [3.05, 3.63) is 0 Å². The standard InChI is InChI=1S/C22H43N3O2/c1-5-9-13-17-24(18-14-10-6-2)19-25-20(26)22(15-11-7-3,16-12-8-4)23-21(25)27/h5-19H2,1-4H3,(H,23,27). The fourth-order valence-corrected chi connectivity index (χ4v) is 3.85. The highest BCUT2D eigenvalue weighted by molar-refractivity contribution is 6.07. The highest BCUT2D eigenvalue weighted by Gasteiger charge is 2.50. The Bertz CT molecular complexity index is 421. The zero-order chi connectivity index (χ0) is 20.1. The second-order valence-electron chi connectivity index (χ2n) is 8.13.